The predicted octanol–water partition coefficient (Wildman–Crippen LogP) is 4.33. The van der Waals surface area contributed by atoms with Crippen molar-refractivity contribution in [2.45, 2.75) is 12.8 Å². The van der Waals surface area contributed by atoms with Crippen LogP contribution in [0.15, 0.2) is 42.6 Å². The maximum atomic E-state index is 12.5. The normalized spacial score (nSPS) is 11.4. The molecule has 0 aliphatic heterocycles. The highest BCUT2D eigenvalue weighted by Crippen LogP contribution is 2.31. The van der Waals surface area contributed by atoms with Crippen LogP contribution < -0.4 is 4.74 Å². The lowest BCUT2D eigenvalue weighted by Gasteiger charge is -2.10. The van der Waals surface area contributed by atoms with Gasteiger partial charge in [0.1, 0.15) is 17.5 Å². The molecular formula is C13H9ClF3NO. The molecule has 0 unspecified atom stereocenters. The topological polar surface area (TPSA) is 22.1 Å². The number of aromatic nitrogens is 1. The molecule has 0 aliphatic carbocycles. The third-order valence-corrected chi connectivity index (χ3v) is 2.58. The maximum Gasteiger partial charge on any atom is 0.416 e. The first-order valence-electron chi connectivity index (χ1n) is 5.35. The number of halogens is 4. The van der Waals surface area contributed by atoms with E-state index in [0.29, 0.717) is 5.15 Å². The van der Waals surface area contributed by atoms with Gasteiger partial charge in [0.25, 0.3) is 0 Å². The van der Waals surface area contributed by atoms with Crippen molar-refractivity contribution in [1.29, 1.82) is 0 Å². The first-order chi connectivity index (χ1) is 8.95. The van der Waals surface area contributed by atoms with Crippen LogP contribution in [-0.2, 0) is 12.8 Å². The van der Waals surface area contributed by atoms with E-state index in [9.17, 15) is 13.2 Å². The summed E-state index contributed by atoms with van der Waals surface area (Å²) >= 11 is 5.62. The van der Waals surface area contributed by atoms with Gasteiger partial charge in [-0.3, -0.25) is 0 Å². The predicted molar refractivity (Wildman–Crippen MR) is 65.0 cm³/mol. The average Bonchev–Trinajstić information content (AvgIpc) is 2.37. The lowest BCUT2D eigenvalue weighted by molar-refractivity contribution is -0.137. The van der Waals surface area contributed by atoms with Gasteiger partial charge in [-0.2, -0.15) is 13.2 Å². The van der Waals surface area contributed by atoms with Crippen molar-refractivity contribution < 1.29 is 17.9 Å². The molecule has 19 heavy (non-hydrogen) atoms. The van der Waals surface area contributed by atoms with E-state index >= 15 is 0 Å². The van der Waals surface area contributed by atoms with Crippen LogP contribution in [0.5, 0.6) is 5.75 Å². The third kappa shape index (κ3) is 3.86. The van der Waals surface area contributed by atoms with Gasteiger partial charge in [0, 0.05) is 11.8 Å². The molecule has 0 amide bonds. The van der Waals surface area contributed by atoms with Gasteiger partial charge in [-0.1, -0.05) is 23.7 Å². The lowest BCUT2D eigenvalue weighted by atomic mass is 10.2. The van der Waals surface area contributed by atoms with Gasteiger partial charge in [0.2, 0.25) is 0 Å². The van der Waals surface area contributed by atoms with Crippen molar-refractivity contribution in [2.24, 2.45) is 0 Å². The zero-order valence-corrected chi connectivity index (χ0v) is 10.4. The Balaban J connectivity index is 2.05. The van der Waals surface area contributed by atoms with Crippen molar-refractivity contribution in [1.82, 2.24) is 4.98 Å². The van der Waals surface area contributed by atoms with Gasteiger partial charge in [0.05, 0.1) is 5.56 Å². The highest BCUT2D eigenvalue weighted by atomic mass is 35.5. The van der Waals surface area contributed by atoms with Crippen LogP contribution in [0.2, 0.25) is 5.15 Å². The smallest absolute Gasteiger partial charge is 0.416 e. The second-order valence-electron chi connectivity index (χ2n) is 3.80. The molecule has 1 aromatic carbocycles. The molecule has 6 heteroatoms. The van der Waals surface area contributed by atoms with Crippen molar-refractivity contribution in [3.63, 3.8) is 0 Å². The number of ether oxygens (including phenoxy) is 1. The Hall–Kier alpha value is -1.75. The Bertz CT molecular complexity index is 555. The van der Waals surface area contributed by atoms with E-state index in [4.69, 9.17) is 16.3 Å². The van der Waals surface area contributed by atoms with E-state index in [2.05, 4.69) is 4.98 Å². The monoisotopic (exact) mass is 287 g/mol. The summed E-state index contributed by atoms with van der Waals surface area (Å²) in [6, 6.07) is 8.02. The molecule has 2 aromatic rings. The van der Waals surface area contributed by atoms with Crippen LogP contribution in [0, 0.1) is 0 Å². The molecule has 0 spiro atoms. The fourth-order valence-corrected chi connectivity index (χ4v) is 1.53. The zero-order chi connectivity index (χ0) is 13.9. The molecule has 0 saturated heterocycles. The van der Waals surface area contributed by atoms with E-state index in [1.165, 1.54) is 18.3 Å². The van der Waals surface area contributed by atoms with Crippen LogP contribution in [0.1, 0.15) is 11.1 Å². The van der Waals surface area contributed by atoms with Crippen LogP contribution in [0.3, 0.4) is 0 Å². The molecule has 0 saturated carbocycles. The van der Waals surface area contributed by atoms with Gasteiger partial charge in [-0.15, -0.1) is 0 Å². The second-order valence-corrected chi connectivity index (χ2v) is 4.19. The highest BCUT2D eigenvalue weighted by Gasteiger charge is 2.30. The number of alkyl halides is 3. The first-order valence-corrected chi connectivity index (χ1v) is 5.73. The largest absolute Gasteiger partial charge is 0.489 e. The number of benzene rings is 1. The standard InChI is InChI=1S/C13H9ClF3NO/c14-12-5-4-9(7-18-12)8-19-11-3-1-2-10(6-11)13(15,16)17/h1-7H,8H2. The summed E-state index contributed by atoms with van der Waals surface area (Å²) in [5.41, 5.74) is -0.0129. The van der Waals surface area contributed by atoms with E-state index in [1.807, 2.05) is 0 Å². The highest BCUT2D eigenvalue weighted by molar-refractivity contribution is 6.29. The van der Waals surface area contributed by atoms with E-state index in [1.54, 1.807) is 12.1 Å². The summed E-state index contributed by atoms with van der Waals surface area (Å²) in [6.07, 6.45) is -2.86. The van der Waals surface area contributed by atoms with Gasteiger partial charge in [-0.25, -0.2) is 4.98 Å². The lowest BCUT2D eigenvalue weighted by Crippen LogP contribution is -2.05. The SMILES string of the molecule is FC(F)(F)c1cccc(OCc2ccc(Cl)nc2)c1. The van der Waals surface area contributed by atoms with E-state index in [-0.39, 0.29) is 12.4 Å². The fourth-order valence-electron chi connectivity index (χ4n) is 1.42. The average molecular weight is 288 g/mol. The molecule has 1 aromatic heterocycles. The summed E-state index contributed by atoms with van der Waals surface area (Å²) in [5, 5.41) is 0.350. The summed E-state index contributed by atoms with van der Waals surface area (Å²) in [5.74, 6) is 0.157. The molecule has 100 valence electrons. The van der Waals surface area contributed by atoms with Gasteiger partial charge < -0.3 is 4.74 Å². The van der Waals surface area contributed by atoms with E-state index < -0.39 is 11.7 Å². The van der Waals surface area contributed by atoms with Crippen LogP contribution in [-0.4, -0.2) is 4.98 Å². The Kier molecular flexibility index (Phi) is 3.95. The van der Waals surface area contributed by atoms with Gasteiger partial charge in [-0.05, 0) is 24.3 Å². The Morgan fingerprint density at radius 2 is 1.95 bits per heavy atom. The molecule has 2 nitrogen and oxygen atoms in total. The molecular weight excluding hydrogens is 279 g/mol. The minimum atomic E-state index is -4.37. The molecule has 2 rings (SSSR count). The molecule has 0 fully saturated rings. The zero-order valence-electron chi connectivity index (χ0n) is 9.62. The molecule has 0 aliphatic rings. The number of hydrogen-bond acceptors (Lipinski definition) is 2. The van der Waals surface area contributed by atoms with Gasteiger partial charge in [0.15, 0.2) is 0 Å². The Morgan fingerprint density at radius 1 is 1.16 bits per heavy atom. The number of pyridine rings is 1. The fraction of sp³-hybridized carbons (Fsp3) is 0.154. The van der Waals surface area contributed by atoms with Gasteiger partial charge >= 0.3 is 6.18 Å². The summed E-state index contributed by atoms with van der Waals surface area (Å²) in [4.78, 5) is 3.85. The van der Waals surface area contributed by atoms with Crippen LogP contribution in [0.25, 0.3) is 0 Å². The summed E-state index contributed by atoms with van der Waals surface area (Å²) in [6.45, 7) is 0.130. The minimum absolute atomic E-state index is 0.130. The number of rotatable bonds is 3. The third-order valence-electron chi connectivity index (χ3n) is 2.36. The number of nitrogens with zero attached hydrogens (tertiary/aromatic N) is 1. The molecule has 0 N–H and O–H groups in total. The molecule has 1 heterocycles. The number of hydrogen-bond donors (Lipinski definition) is 0. The summed E-state index contributed by atoms with van der Waals surface area (Å²) in [7, 11) is 0. The quantitative estimate of drug-likeness (QED) is 0.784. The first kappa shape index (κ1) is 13.7. The summed E-state index contributed by atoms with van der Waals surface area (Å²) < 4.78 is 42.8. The van der Waals surface area contributed by atoms with Crippen LogP contribution in [0.4, 0.5) is 13.2 Å². The molecule has 0 bridgehead atoms. The maximum absolute atomic E-state index is 12.5. The van der Waals surface area contributed by atoms with Crippen molar-refractivity contribution in [3.05, 3.63) is 58.9 Å². The minimum Gasteiger partial charge on any atom is -0.489 e. The van der Waals surface area contributed by atoms with Crippen LogP contribution >= 0.6 is 11.6 Å². The van der Waals surface area contributed by atoms with Crippen molar-refractivity contribution in [3.8, 4) is 5.75 Å². The van der Waals surface area contributed by atoms with E-state index in [0.717, 1.165) is 17.7 Å². The van der Waals surface area contributed by atoms with Crippen molar-refractivity contribution >= 4 is 11.6 Å². The second kappa shape index (κ2) is 5.48. The Morgan fingerprint density at radius 3 is 2.58 bits per heavy atom. The molecule has 0 atom stereocenters. The Labute approximate surface area is 112 Å². The van der Waals surface area contributed by atoms with Crippen molar-refractivity contribution in [2.75, 3.05) is 0 Å². The molecule has 0 radical (unpaired) electrons.